The molecule has 0 atom stereocenters. The fraction of sp³-hybridized carbons (Fsp3) is 0.409. The second-order valence-corrected chi connectivity index (χ2v) is 10.3. The van der Waals surface area contributed by atoms with Crippen molar-refractivity contribution in [1.29, 1.82) is 0 Å². The van der Waals surface area contributed by atoms with Crippen LogP contribution in [-0.2, 0) is 11.3 Å². The van der Waals surface area contributed by atoms with E-state index in [1.807, 2.05) is 24.3 Å². The van der Waals surface area contributed by atoms with Gasteiger partial charge in [0.25, 0.3) is 5.91 Å². The number of carbonyl (C=O) groups is 1. The largest absolute Gasteiger partial charge is 0.385 e. The molecule has 4 rings (SSSR count). The summed E-state index contributed by atoms with van der Waals surface area (Å²) in [6.45, 7) is 3.28. The summed E-state index contributed by atoms with van der Waals surface area (Å²) in [5.41, 5.74) is 3.66. The van der Waals surface area contributed by atoms with Gasteiger partial charge in [0.05, 0.1) is 17.1 Å². The summed E-state index contributed by atoms with van der Waals surface area (Å²) in [5.74, 6) is 1.37. The summed E-state index contributed by atoms with van der Waals surface area (Å²) in [4.78, 5) is 27.0. The van der Waals surface area contributed by atoms with Gasteiger partial charge in [-0.05, 0) is 18.1 Å². The zero-order valence-electron chi connectivity index (χ0n) is 18.5. The summed E-state index contributed by atoms with van der Waals surface area (Å²) in [6.07, 6.45) is 2.35. The molecule has 3 aromatic rings. The zero-order chi connectivity index (χ0) is 22.6. The van der Waals surface area contributed by atoms with Gasteiger partial charge in [-0.25, -0.2) is 9.97 Å². The fourth-order valence-electron chi connectivity index (χ4n) is 3.69. The molecule has 1 aliphatic heterocycles. The Morgan fingerprint density at radius 2 is 1.94 bits per heavy atom. The van der Waals surface area contributed by atoms with Crippen LogP contribution in [0.1, 0.15) is 22.3 Å². The molecule has 0 saturated carbocycles. The first-order valence-corrected chi connectivity index (χ1v) is 12.5. The number of amides is 1. The SMILES string of the molecule is COCCCNC(=O)c1ccnc2[nH]c(-c3ccc(CN4CCS(O)(O)CC4)cc3)nc12.Cl. The highest BCUT2D eigenvalue weighted by molar-refractivity contribution is 8.24. The lowest BCUT2D eigenvalue weighted by molar-refractivity contribution is 0.0950. The van der Waals surface area contributed by atoms with Crippen LogP contribution in [0.3, 0.4) is 0 Å². The quantitative estimate of drug-likeness (QED) is 0.353. The molecule has 1 aliphatic rings. The van der Waals surface area contributed by atoms with Gasteiger partial charge in [-0.2, -0.15) is 10.6 Å². The van der Waals surface area contributed by atoms with E-state index in [0.29, 0.717) is 60.3 Å². The molecule has 9 nitrogen and oxygen atoms in total. The maximum atomic E-state index is 12.6. The standard InChI is InChI=1S/C22H29N5O4S.ClH/c1-31-12-2-8-24-22(28)18-7-9-23-21-19(18)25-20(26-21)17-5-3-16(4-6-17)15-27-10-13-32(29,30)14-11-27;/h3-7,9,29-30H,2,8,10-15H2,1H3,(H,24,28)(H,23,25,26);1H. The summed E-state index contributed by atoms with van der Waals surface area (Å²) in [6, 6.07) is 9.76. The summed E-state index contributed by atoms with van der Waals surface area (Å²) in [7, 11) is -0.740. The van der Waals surface area contributed by atoms with Crippen LogP contribution in [-0.4, -0.2) is 79.7 Å². The molecule has 180 valence electrons. The summed E-state index contributed by atoms with van der Waals surface area (Å²) in [5, 5.41) is 2.89. The van der Waals surface area contributed by atoms with Crippen LogP contribution >= 0.6 is 23.0 Å². The fourth-order valence-corrected chi connectivity index (χ4v) is 5.00. The van der Waals surface area contributed by atoms with E-state index >= 15 is 0 Å². The van der Waals surface area contributed by atoms with Crippen molar-refractivity contribution in [1.82, 2.24) is 25.2 Å². The number of fused-ring (bicyclic) bond motifs is 1. The summed E-state index contributed by atoms with van der Waals surface area (Å²) < 4.78 is 24.5. The number of halogens is 1. The van der Waals surface area contributed by atoms with E-state index in [-0.39, 0.29) is 18.3 Å². The van der Waals surface area contributed by atoms with Crippen molar-refractivity contribution in [3.8, 4) is 11.4 Å². The Morgan fingerprint density at radius 1 is 1.21 bits per heavy atom. The Balaban J connectivity index is 0.00000306. The lowest BCUT2D eigenvalue weighted by Gasteiger charge is -2.41. The maximum Gasteiger partial charge on any atom is 0.253 e. The minimum atomic E-state index is -2.38. The van der Waals surface area contributed by atoms with Crippen molar-refractivity contribution in [2.45, 2.75) is 13.0 Å². The Labute approximate surface area is 200 Å². The maximum absolute atomic E-state index is 12.6. The molecule has 11 heteroatoms. The molecule has 0 aliphatic carbocycles. The summed E-state index contributed by atoms with van der Waals surface area (Å²) >= 11 is 0. The van der Waals surface area contributed by atoms with Crippen molar-refractivity contribution in [2.75, 3.05) is 44.9 Å². The number of H-pyrrole nitrogens is 1. The number of rotatable bonds is 8. The molecule has 0 bridgehead atoms. The van der Waals surface area contributed by atoms with Crippen LogP contribution in [0.5, 0.6) is 0 Å². The second kappa shape index (κ2) is 11.3. The van der Waals surface area contributed by atoms with E-state index in [0.717, 1.165) is 24.1 Å². The first-order valence-electron chi connectivity index (χ1n) is 10.6. The van der Waals surface area contributed by atoms with Crippen molar-refractivity contribution >= 4 is 40.1 Å². The number of hydrogen-bond acceptors (Lipinski definition) is 7. The number of benzene rings is 1. The molecular weight excluding hydrogens is 466 g/mol. The van der Waals surface area contributed by atoms with Crippen LogP contribution in [0, 0.1) is 0 Å². The molecule has 1 aromatic carbocycles. The molecule has 1 amide bonds. The third-order valence-corrected chi connectivity index (χ3v) is 7.22. The van der Waals surface area contributed by atoms with E-state index in [2.05, 4.69) is 25.2 Å². The van der Waals surface area contributed by atoms with Crippen LogP contribution in [0.2, 0.25) is 0 Å². The lowest BCUT2D eigenvalue weighted by Crippen LogP contribution is -2.37. The van der Waals surface area contributed by atoms with E-state index in [9.17, 15) is 13.9 Å². The molecule has 0 unspecified atom stereocenters. The average molecular weight is 496 g/mol. The predicted molar refractivity (Wildman–Crippen MR) is 133 cm³/mol. The monoisotopic (exact) mass is 495 g/mol. The molecule has 1 saturated heterocycles. The number of methoxy groups -OCH3 is 1. The number of aromatic amines is 1. The topological polar surface area (TPSA) is 124 Å². The van der Waals surface area contributed by atoms with Crippen molar-refractivity contribution in [3.63, 3.8) is 0 Å². The molecular formula is C22H30ClN5O4S. The van der Waals surface area contributed by atoms with Crippen LogP contribution in [0.25, 0.3) is 22.6 Å². The van der Waals surface area contributed by atoms with Gasteiger partial charge >= 0.3 is 0 Å². The Morgan fingerprint density at radius 3 is 2.64 bits per heavy atom. The number of nitrogens with one attached hydrogen (secondary N) is 2. The first kappa shape index (κ1) is 25.4. The molecule has 4 N–H and O–H groups in total. The first-order chi connectivity index (χ1) is 15.4. The highest BCUT2D eigenvalue weighted by Crippen LogP contribution is 2.40. The van der Waals surface area contributed by atoms with Gasteiger partial charge in [-0.1, -0.05) is 24.3 Å². The van der Waals surface area contributed by atoms with Crippen LogP contribution < -0.4 is 5.32 Å². The van der Waals surface area contributed by atoms with Gasteiger partial charge in [0.2, 0.25) is 0 Å². The van der Waals surface area contributed by atoms with Gasteiger partial charge < -0.3 is 15.0 Å². The van der Waals surface area contributed by atoms with Crippen molar-refractivity contribution in [3.05, 3.63) is 47.7 Å². The highest BCUT2D eigenvalue weighted by atomic mass is 35.5. The van der Waals surface area contributed by atoms with Crippen molar-refractivity contribution in [2.24, 2.45) is 0 Å². The molecule has 0 spiro atoms. The Bertz CT molecular complexity index is 1070. The molecule has 0 radical (unpaired) electrons. The second-order valence-electron chi connectivity index (χ2n) is 7.93. The number of carbonyl (C=O) groups excluding carboxylic acids is 1. The third kappa shape index (κ3) is 6.44. The molecule has 3 heterocycles. The zero-order valence-corrected chi connectivity index (χ0v) is 20.1. The van der Waals surface area contributed by atoms with Crippen LogP contribution in [0.4, 0.5) is 0 Å². The van der Waals surface area contributed by atoms with Crippen LogP contribution in [0.15, 0.2) is 36.5 Å². The van der Waals surface area contributed by atoms with Crippen molar-refractivity contribution < 1.29 is 18.6 Å². The number of aromatic nitrogens is 3. The molecule has 33 heavy (non-hydrogen) atoms. The van der Waals surface area contributed by atoms with E-state index in [4.69, 9.17) is 4.74 Å². The van der Waals surface area contributed by atoms with Gasteiger partial charge in [-0.3, -0.25) is 18.8 Å². The van der Waals surface area contributed by atoms with E-state index in [1.54, 1.807) is 19.4 Å². The average Bonchev–Trinajstić information content (AvgIpc) is 3.23. The van der Waals surface area contributed by atoms with E-state index < -0.39 is 10.6 Å². The molecule has 2 aromatic heterocycles. The third-order valence-electron chi connectivity index (χ3n) is 5.54. The lowest BCUT2D eigenvalue weighted by atomic mass is 10.1. The predicted octanol–water partition coefficient (Wildman–Crippen LogP) is 3.38. The number of imidazole rings is 1. The van der Waals surface area contributed by atoms with Gasteiger partial charge in [0.1, 0.15) is 11.3 Å². The molecule has 1 fully saturated rings. The van der Waals surface area contributed by atoms with Gasteiger partial charge in [0.15, 0.2) is 5.65 Å². The normalized spacial score (nSPS) is 16.8. The smallest absolute Gasteiger partial charge is 0.253 e. The van der Waals surface area contributed by atoms with E-state index in [1.165, 1.54) is 0 Å². The Hall–Kier alpha value is -2.21. The Kier molecular flexibility index (Phi) is 8.69. The minimum Gasteiger partial charge on any atom is -0.385 e. The minimum absolute atomic E-state index is 0. The number of ether oxygens (including phenoxy) is 1. The van der Waals surface area contributed by atoms with Gasteiger partial charge in [-0.15, -0.1) is 12.4 Å². The number of pyridine rings is 1. The van der Waals surface area contributed by atoms with Gasteiger partial charge in [0, 0.05) is 51.7 Å². The highest BCUT2D eigenvalue weighted by Gasteiger charge is 2.22. The number of nitrogens with zero attached hydrogens (tertiary/aromatic N) is 3. The number of hydrogen-bond donors (Lipinski definition) is 4.